The third-order valence-electron chi connectivity index (χ3n) is 4.22. The van der Waals surface area contributed by atoms with Crippen molar-refractivity contribution in [2.75, 3.05) is 7.05 Å². The molecule has 1 aliphatic carbocycles. The van der Waals surface area contributed by atoms with Gasteiger partial charge < -0.3 is 10.8 Å². The van der Waals surface area contributed by atoms with Crippen molar-refractivity contribution >= 4 is 0 Å². The molecule has 108 valence electrons. The second-order valence-electron chi connectivity index (χ2n) is 5.84. The quantitative estimate of drug-likeness (QED) is 0.854. The fourth-order valence-electron chi connectivity index (χ4n) is 3.28. The Morgan fingerprint density at radius 1 is 1.47 bits per heavy atom. The van der Waals surface area contributed by atoms with E-state index >= 15 is 0 Å². The number of nitrogens with zero attached hydrogens (tertiary/aromatic N) is 3. The molecule has 0 bridgehead atoms. The molecule has 0 aliphatic heterocycles. The van der Waals surface area contributed by atoms with Crippen molar-refractivity contribution in [1.29, 1.82) is 0 Å². The van der Waals surface area contributed by atoms with E-state index in [0.29, 0.717) is 0 Å². The molecule has 1 aliphatic rings. The summed E-state index contributed by atoms with van der Waals surface area (Å²) in [5.41, 5.74) is 7.29. The van der Waals surface area contributed by atoms with Crippen molar-refractivity contribution in [3.05, 3.63) is 18.0 Å². The van der Waals surface area contributed by atoms with Crippen molar-refractivity contribution in [2.45, 2.75) is 56.8 Å². The molecular weight excluding hydrogens is 240 g/mol. The molecule has 0 aromatic carbocycles. The maximum Gasteiger partial charge on any atom is 0.0695 e. The average Bonchev–Trinajstić information content (AvgIpc) is 2.75. The summed E-state index contributed by atoms with van der Waals surface area (Å²) in [5, 5.41) is 14.5. The summed E-state index contributed by atoms with van der Waals surface area (Å²) in [6.45, 7) is 2.02. The zero-order valence-electron chi connectivity index (χ0n) is 12.2. The largest absolute Gasteiger partial charge is 0.391 e. The number of aliphatic hydroxyl groups excluding tert-OH is 1. The zero-order valence-corrected chi connectivity index (χ0v) is 12.2. The maximum absolute atomic E-state index is 10.2. The molecule has 4 unspecified atom stereocenters. The lowest BCUT2D eigenvalue weighted by Crippen LogP contribution is -2.49. The van der Waals surface area contributed by atoms with Gasteiger partial charge in [-0.25, -0.2) is 0 Å². The van der Waals surface area contributed by atoms with Crippen LogP contribution in [0.5, 0.6) is 0 Å². The smallest absolute Gasteiger partial charge is 0.0695 e. The van der Waals surface area contributed by atoms with E-state index in [1.165, 1.54) is 6.42 Å². The Balaban J connectivity index is 2.18. The number of aliphatic hydroxyl groups is 1. The number of hydrogen-bond donors (Lipinski definition) is 2. The standard InChI is InChI=1S/C14H26N4O/c1-10(15)14(11-8-16-17(2)9-11)18(3)12-6-4-5-7-13(12)19/h8-10,12-14,19H,4-7,15H2,1-3H3. The van der Waals surface area contributed by atoms with Crippen molar-refractivity contribution in [1.82, 2.24) is 14.7 Å². The average molecular weight is 266 g/mol. The number of aromatic nitrogens is 2. The highest BCUT2D eigenvalue weighted by Crippen LogP contribution is 2.30. The Bertz CT molecular complexity index is 404. The lowest BCUT2D eigenvalue weighted by molar-refractivity contribution is 0.00790. The van der Waals surface area contributed by atoms with Crippen LogP contribution in [0.3, 0.4) is 0 Å². The van der Waals surface area contributed by atoms with Gasteiger partial charge >= 0.3 is 0 Å². The molecule has 0 radical (unpaired) electrons. The minimum absolute atomic E-state index is 0.00308. The third-order valence-corrected chi connectivity index (χ3v) is 4.22. The van der Waals surface area contributed by atoms with Gasteiger partial charge in [-0.1, -0.05) is 12.8 Å². The number of nitrogens with two attached hydrogens (primary N) is 1. The van der Waals surface area contributed by atoms with Crippen LogP contribution in [0.2, 0.25) is 0 Å². The first kappa shape index (κ1) is 14.5. The predicted molar refractivity (Wildman–Crippen MR) is 75.6 cm³/mol. The van der Waals surface area contributed by atoms with Gasteiger partial charge in [0.15, 0.2) is 0 Å². The minimum atomic E-state index is -0.239. The van der Waals surface area contributed by atoms with Gasteiger partial charge in [0, 0.05) is 30.9 Å². The fraction of sp³-hybridized carbons (Fsp3) is 0.786. The molecule has 5 nitrogen and oxygen atoms in total. The molecule has 1 fully saturated rings. The van der Waals surface area contributed by atoms with Crippen molar-refractivity contribution < 1.29 is 5.11 Å². The first-order chi connectivity index (χ1) is 9.00. The van der Waals surface area contributed by atoms with Crippen molar-refractivity contribution in [3.63, 3.8) is 0 Å². The lowest BCUT2D eigenvalue weighted by Gasteiger charge is -2.41. The summed E-state index contributed by atoms with van der Waals surface area (Å²) in [6.07, 6.45) is 7.90. The Kier molecular flexibility index (Phi) is 4.60. The van der Waals surface area contributed by atoms with Crippen LogP contribution in [-0.2, 0) is 7.05 Å². The molecule has 0 spiro atoms. The van der Waals surface area contributed by atoms with Crippen LogP contribution in [0.1, 0.15) is 44.2 Å². The molecule has 0 amide bonds. The van der Waals surface area contributed by atoms with E-state index in [-0.39, 0.29) is 24.2 Å². The summed E-state index contributed by atoms with van der Waals surface area (Å²) < 4.78 is 1.80. The number of rotatable bonds is 4. The van der Waals surface area contributed by atoms with Crippen molar-refractivity contribution in [2.24, 2.45) is 12.8 Å². The fourth-order valence-corrected chi connectivity index (χ4v) is 3.28. The first-order valence-corrected chi connectivity index (χ1v) is 7.15. The monoisotopic (exact) mass is 266 g/mol. The van der Waals surface area contributed by atoms with E-state index in [0.717, 1.165) is 24.8 Å². The molecule has 4 atom stereocenters. The van der Waals surface area contributed by atoms with E-state index in [1.807, 2.05) is 26.4 Å². The Morgan fingerprint density at radius 3 is 2.68 bits per heavy atom. The molecular formula is C14H26N4O. The van der Waals surface area contributed by atoms with Crippen LogP contribution in [0.25, 0.3) is 0 Å². The van der Waals surface area contributed by atoms with Gasteiger partial charge in [0.05, 0.1) is 18.3 Å². The third kappa shape index (κ3) is 3.16. The van der Waals surface area contributed by atoms with Gasteiger partial charge in [0.1, 0.15) is 0 Å². The molecule has 1 aromatic heterocycles. The van der Waals surface area contributed by atoms with Crippen molar-refractivity contribution in [3.8, 4) is 0 Å². The molecule has 19 heavy (non-hydrogen) atoms. The highest BCUT2D eigenvalue weighted by atomic mass is 16.3. The molecule has 5 heteroatoms. The van der Waals surface area contributed by atoms with Gasteiger partial charge in [-0.3, -0.25) is 9.58 Å². The summed E-state index contributed by atoms with van der Waals surface area (Å²) >= 11 is 0. The van der Waals surface area contributed by atoms with Gasteiger partial charge in [-0.05, 0) is 26.8 Å². The molecule has 2 rings (SSSR count). The van der Waals surface area contributed by atoms with Gasteiger partial charge in [0.25, 0.3) is 0 Å². The van der Waals surface area contributed by atoms with Gasteiger partial charge in [-0.15, -0.1) is 0 Å². The van der Waals surface area contributed by atoms with Crippen LogP contribution in [0.15, 0.2) is 12.4 Å². The van der Waals surface area contributed by atoms with Crippen LogP contribution < -0.4 is 5.73 Å². The zero-order chi connectivity index (χ0) is 14.0. The Labute approximate surface area is 115 Å². The topological polar surface area (TPSA) is 67.3 Å². The SMILES string of the molecule is CC(N)C(c1cnn(C)c1)N(C)C1CCCCC1O. The summed E-state index contributed by atoms with van der Waals surface area (Å²) in [5.74, 6) is 0. The summed E-state index contributed by atoms with van der Waals surface area (Å²) in [6, 6.07) is 0.305. The minimum Gasteiger partial charge on any atom is -0.391 e. The van der Waals surface area contributed by atoms with E-state index in [1.54, 1.807) is 4.68 Å². The highest BCUT2D eigenvalue weighted by Gasteiger charge is 2.33. The Morgan fingerprint density at radius 2 is 2.16 bits per heavy atom. The van der Waals surface area contributed by atoms with Crippen LogP contribution in [-0.4, -0.2) is 45.0 Å². The summed E-state index contributed by atoms with van der Waals surface area (Å²) in [7, 11) is 3.98. The van der Waals surface area contributed by atoms with Crippen LogP contribution >= 0.6 is 0 Å². The predicted octanol–water partition coefficient (Wildman–Crippen LogP) is 1.04. The first-order valence-electron chi connectivity index (χ1n) is 7.15. The van der Waals surface area contributed by atoms with E-state index in [4.69, 9.17) is 5.73 Å². The normalized spacial score (nSPS) is 27.5. The molecule has 1 heterocycles. The highest BCUT2D eigenvalue weighted by molar-refractivity contribution is 5.13. The molecule has 0 saturated heterocycles. The van der Waals surface area contributed by atoms with E-state index in [9.17, 15) is 5.11 Å². The number of likely N-dealkylation sites (N-methyl/N-ethyl adjacent to an activating group) is 1. The summed E-state index contributed by atoms with van der Waals surface area (Å²) in [4.78, 5) is 2.24. The Hall–Kier alpha value is -0.910. The van der Waals surface area contributed by atoms with Crippen LogP contribution in [0.4, 0.5) is 0 Å². The van der Waals surface area contributed by atoms with Gasteiger partial charge in [0.2, 0.25) is 0 Å². The molecule has 1 saturated carbocycles. The number of aryl methyl sites for hydroxylation is 1. The number of hydrogen-bond acceptors (Lipinski definition) is 4. The molecule has 1 aromatic rings. The maximum atomic E-state index is 10.2. The van der Waals surface area contributed by atoms with E-state index in [2.05, 4.69) is 17.0 Å². The lowest BCUT2D eigenvalue weighted by atomic mass is 9.89. The van der Waals surface area contributed by atoms with Gasteiger partial charge in [-0.2, -0.15) is 5.10 Å². The second-order valence-corrected chi connectivity index (χ2v) is 5.84. The van der Waals surface area contributed by atoms with Crippen LogP contribution in [0, 0.1) is 0 Å². The second kappa shape index (κ2) is 6.03. The molecule has 3 N–H and O–H groups in total. The van der Waals surface area contributed by atoms with E-state index < -0.39 is 0 Å².